The molecule has 1 aliphatic rings. The van der Waals surface area contributed by atoms with Crippen LogP contribution >= 0.6 is 11.6 Å². The molecule has 1 aliphatic heterocycles. The predicted molar refractivity (Wildman–Crippen MR) is 141 cm³/mol. The average molecular weight is 601 g/mol. The van der Waals surface area contributed by atoms with E-state index in [0.29, 0.717) is 12.0 Å². The fourth-order valence-corrected chi connectivity index (χ4v) is 6.61. The van der Waals surface area contributed by atoms with Gasteiger partial charge >= 0.3 is 6.18 Å². The van der Waals surface area contributed by atoms with Crippen molar-refractivity contribution < 1.29 is 35.9 Å². The van der Waals surface area contributed by atoms with Crippen LogP contribution in [0.3, 0.4) is 0 Å². The van der Waals surface area contributed by atoms with Crippen molar-refractivity contribution in [1.29, 1.82) is 0 Å². The molecule has 16 heteroatoms. The summed E-state index contributed by atoms with van der Waals surface area (Å²) >= 11 is 6.19. The van der Waals surface area contributed by atoms with Crippen LogP contribution in [0.2, 0.25) is 5.02 Å². The van der Waals surface area contributed by atoms with Crippen molar-refractivity contribution in [2.75, 3.05) is 29.2 Å². The van der Waals surface area contributed by atoms with E-state index in [4.69, 9.17) is 22.1 Å². The Kier molecular flexibility index (Phi) is 7.73. The van der Waals surface area contributed by atoms with Crippen LogP contribution in [0.25, 0.3) is 5.82 Å². The first-order valence-electron chi connectivity index (χ1n) is 11.8. The van der Waals surface area contributed by atoms with Crippen LogP contribution in [0.4, 0.5) is 24.5 Å². The van der Waals surface area contributed by atoms with Gasteiger partial charge in [0.05, 0.1) is 33.3 Å². The summed E-state index contributed by atoms with van der Waals surface area (Å²) in [5.41, 5.74) is 5.29. The molecule has 1 aromatic carbocycles. The number of nitrogens with zero attached hydrogens (tertiary/aromatic N) is 3. The van der Waals surface area contributed by atoms with Gasteiger partial charge in [0, 0.05) is 18.0 Å². The number of carbonyl (C=O) groups is 2. The minimum absolute atomic E-state index is 0.0431. The number of aromatic nitrogens is 3. The number of anilines is 2. The Labute approximate surface area is 231 Å². The van der Waals surface area contributed by atoms with Gasteiger partial charge in [-0.2, -0.15) is 13.2 Å². The van der Waals surface area contributed by atoms with Gasteiger partial charge in [0.1, 0.15) is 5.69 Å². The number of hydrogen-bond acceptors (Lipinski definition) is 8. The SMILES string of the molecule is CCC1(NC(=O)c2cc(N)cc(C)c2NC(=O)c2cc(OCC(F)(F)F)nn2-c2ncccc2Cl)CS(=O)(=O)C1. The van der Waals surface area contributed by atoms with Crippen LogP contribution < -0.4 is 21.1 Å². The molecule has 3 heterocycles. The molecule has 0 unspecified atom stereocenters. The Hall–Kier alpha value is -3.85. The third-order valence-corrected chi connectivity index (χ3v) is 8.41. The number of hydrogen-bond donors (Lipinski definition) is 3. The summed E-state index contributed by atoms with van der Waals surface area (Å²) in [5.74, 6) is -2.58. The second kappa shape index (κ2) is 10.6. The topological polar surface area (TPSA) is 158 Å². The zero-order valence-corrected chi connectivity index (χ0v) is 22.7. The lowest BCUT2D eigenvalue weighted by Gasteiger charge is -2.41. The van der Waals surface area contributed by atoms with Crippen LogP contribution in [0.15, 0.2) is 36.5 Å². The number of aryl methyl sites for hydroxylation is 1. The Balaban J connectivity index is 1.70. The number of nitrogens with one attached hydrogen (secondary N) is 2. The summed E-state index contributed by atoms with van der Waals surface area (Å²) < 4.78 is 67.5. The molecule has 40 heavy (non-hydrogen) atoms. The highest BCUT2D eigenvalue weighted by Gasteiger charge is 2.48. The lowest BCUT2D eigenvalue weighted by atomic mass is 9.98. The van der Waals surface area contributed by atoms with Crippen molar-refractivity contribution in [2.24, 2.45) is 0 Å². The summed E-state index contributed by atoms with van der Waals surface area (Å²) in [5, 5.41) is 9.30. The molecule has 1 fully saturated rings. The Morgan fingerprint density at radius 1 is 1.23 bits per heavy atom. The third-order valence-electron chi connectivity index (χ3n) is 6.13. The van der Waals surface area contributed by atoms with Crippen LogP contribution in [-0.4, -0.2) is 64.8 Å². The maximum atomic E-state index is 13.5. The quantitative estimate of drug-likeness (QED) is 0.332. The lowest BCUT2D eigenvalue weighted by Crippen LogP contribution is -2.65. The van der Waals surface area contributed by atoms with Gasteiger partial charge in [0.25, 0.3) is 11.8 Å². The summed E-state index contributed by atoms with van der Waals surface area (Å²) in [7, 11) is -3.27. The third kappa shape index (κ3) is 6.31. The Morgan fingerprint density at radius 3 is 2.52 bits per heavy atom. The zero-order chi connectivity index (χ0) is 29.5. The fraction of sp³-hybridized carbons (Fsp3) is 0.333. The highest BCUT2D eigenvalue weighted by atomic mass is 35.5. The van der Waals surface area contributed by atoms with E-state index in [9.17, 15) is 31.2 Å². The molecule has 0 bridgehead atoms. The molecule has 4 rings (SSSR count). The van der Waals surface area contributed by atoms with Gasteiger partial charge in [0.15, 0.2) is 22.3 Å². The molecular weight excluding hydrogens is 577 g/mol. The van der Waals surface area contributed by atoms with Gasteiger partial charge in [0.2, 0.25) is 5.88 Å². The number of nitrogens with two attached hydrogens (primary N) is 1. The first kappa shape index (κ1) is 29.1. The number of halogens is 4. The van der Waals surface area contributed by atoms with Gasteiger partial charge in [-0.1, -0.05) is 18.5 Å². The maximum absolute atomic E-state index is 13.5. The van der Waals surface area contributed by atoms with E-state index in [1.165, 1.54) is 30.5 Å². The van der Waals surface area contributed by atoms with Crippen LogP contribution in [0, 0.1) is 6.92 Å². The molecule has 1 saturated heterocycles. The number of pyridine rings is 1. The smallest absolute Gasteiger partial charge is 0.422 e. The lowest BCUT2D eigenvalue weighted by molar-refractivity contribution is -0.154. The summed E-state index contributed by atoms with van der Waals surface area (Å²) in [6, 6.07) is 6.75. The summed E-state index contributed by atoms with van der Waals surface area (Å²) in [6.45, 7) is 1.67. The van der Waals surface area contributed by atoms with Gasteiger partial charge in [-0.15, -0.1) is 5.10 Å². The number of nitrogen functional groups attached to an aromatic ring is 1. The zero-order valence-electron chi connectivity index (χ0n) is 21.2. The minimum Gasteiger partial charge on any atom is -0.467 e. The summed E-state index contributed by atoms with van der Waals surface area (Å²) in [4.78, 5) is 30.8. The number of ether oxygens (including phenoxy) is 1. The fourth-order valence-electron chi connectivity index (χ4n) is 4.25. The van der Waals surface area contributed by atoms with E-state index >= 15 is 0 Å². The average Bonchev–Trinajstić information content (AvgIpc) is 3.27. The molecule has 2 aromatic heterocycles. The van der Waals surface area contributed by atoms with Crippen LogP contribution in [-0.2, 0) is 9.84 Å². The molecule has 0 radical (unpaired) electrons. The number of sulfone groups is 1. The molecular formula is C24H24ClF3N6O5S. The minimum atomic E-state index is -4.66. The van der Waals surface area contributed by atoms with E-state index in [1.54, 1.807) is 13.8 Å². The molecule has 4 N–H and O–H groups in total. The predicted octanol–water partition coefficient (Wildman–Crippen LogP) is 3.31. The number of amides is 2. The van der Waals surface area contributed by atoms with Crippen LogP contribution in [0.5, 0.6) is 5.88 Å². The van der Waals surface area contributed by atoms with Gasteiger partial charge in [-0.3, -0.25) is 9.59 Å². The number of benzene rings is 1. The molecule has 3 aromatic rings. The second-order valence-electron chi connectivity index (χ2n) is 9.33. The largest absolute Gasteiger partial charge is 0.467 e. The second-order valence-corrected chi connectivity index (χ2v) is 11.8. The number of alkyl halides is 3. The van der Waals surface area contributed by atoms with Gasteiger partial charge < -0.3 is 21.1 Å². The normalized spacial score (nSPS) is 15.7. The van der Waals surface area contributed by atoms with Crippen molar-refractivity contribution >= 4 is 44.6 Å². The molecule has 0 saturated carbocycles. The first-order chi connectivity index (χ1) is 18.6. The van der Waals surface area contributed by atoms with E-state index < -0.39 is 45.9 Å². The van der Waals surface area contributed by atoms with Crippen molar-refractivity contribution in [3.8, 4) is 11.7 Å². The van der Waals surface area contributed by atoms with Crippen molar-refractivity contribution in [3.63, 3.8) is 0 Å². The Bertz CT molecular complexity index is 1580. The molecule has 0 atom stereocenters. The van der Waals surface area contributed by atoms with Crippen molar-refractivity contribution in [1.82, 2.24) is 20.1 Å². The van der Waals surface area contributed by atoms with E-state index in [1.807, 2.05) is 0 Å². The molecule has 11 nitrogen and oxygen atoms in total. The van der Waals surface area contributed by atoms with Gasteiger partial charge in [-0.25, -0.2) is 18.1 Å². The molecule has 0 aliphatic carbocycles. The molecule has 0 spiro atoms. The van der Waals surface area contributed by atoms with Crippen LogP contribution in [0.1, 0.15) is 39.8 Å². The van der Waals surface area contributed by atoms with Crippen molar-refractivity contribution in [3.05, 3.63) is 58.4 Å². The first-order valence-corrected chi connectivity index (χ1v) is 14.0. The molecule has 214 valence electrons. The number of rotatable bonds is 8. The monoisotopic (exact) mass is 600 g/mol. The highest BCUT2D eigenvalue weighted by Crippen LogP contribution is 2.31. The van der Waals surface area contributed by atoms with Crippen molar-refractivity contribution in [2.45, 2.75) is 32.0 Å². The number of carbonyl (C=O) groups excluding carboxylic acids is 2. The molecule has 2 amide bonds. The maximum Gasteiger partial charge on any atom is 0.422 e. The summed E-state index contributed by atoms with van der Waals surface area (Å²) in [6.07, 6.45) is -2.96. The van der Waals surface area contributed by atoms with Gasteiger partial charge in [-0.05, 0) is 43.2 Å². The van der Waals surface area contributed by atoms with E-state index in [0.717, 1.165) is 10.7 Å². The van der Waals surface area contributed by atoms with E-state index in [2.05, 4.69) is 20.7 Å². The highest BCUT2D eigenvalue weighted by molar-refractivity contribution is 7.93. The Morgan fingerprint density at radius 2 is 1.93 bits per heavy atom. The van der Waals surface area contributed by atoms with E-state index in [-0.39, 0.29) is 45.0 Å². The standard InChI is InChI=1S/C24H24ClF3N6O5S/c1-3-23(11-40(37,38)12-23)32-21(35)15-8-14(29)7-13(2)19(15)31-22(36)17-9-18(39-10-24(26,27)28)33-34(17)20-16(25)5-4-6-30-20/h4-9H,3,10-12,29H2,1-2H3,(H,31,36)(H,32,35).